The minimum atomic E-state index is 0.104. The Labute approximate surface area is 124 Å². The zero-order chi connectivity index (χ0) is 14.5. The van der Waals surface area contributed by atoms with E-state index in [2.05, 4.69) is 17.3 Å². The smallest absolute Gasteiger partial charge is 0.310 e. The van der Waals surface area contributed by atoms with Crippen molar-refractivity contribution >= 4 is 11.6 Å². The molecule has 0 saturated carbocycles. The average Bonchev–Trinajstić information content (AvgIpc) is 2.47. The Morgan fingerprint density at radius 1 is 1.30 bits per heavy atom. The Balaban J connectivity index is 2.24. The summed E-state index contributed by atoms with van der Waals surface area (Å²) in [7, 11) is 0. The second-order valence-electron chi connectivity index (χ2n) is 4.61. The summed E-state index contributed by atoms with van der Waals surface area (Å²) < 4.78 is 1.75. The molecule has 0 aliphatic rings. The molecule has 1 aromatic carbocycles. The molecule has 2 N–H and O–H groups in total. The van der Waals surface area contributed by atoms with E-state index >= 15 is 0 Å². The summed E-state index contributed by atoms with van der Waals surface area (Å²) in [6, 6.07) is 7.29. The summed E-state index contributed by atoms with van der Waals surface area (Å²) in [5.41, 5.74) is 5.44. The van der Waals surface area contributed by atoms with Gasteiger partial charge in [0.05, 0.1) is 11.6 Å². The number of nitrogens with one attached hydrogen (secondary N) is 1. The first-order chi connectivity index (χ1) is 9.65. The Morgan fingerprint density at radius 3 is 2.60 bits per heavy atom. The molecule has 0 radical (unpaired) electrons. The molecule has 20 heavy (non-hydrogen) atoms. The molecular formula is C15H19ClN3O+. The van der Waals surface area contributed by atoms with Gasteiger partial charge in [0, 0.05) is 0 Å². The third kappa shape index (κ3) is 3.20. The number of nitrogens with zero attached hydrogens (tertiary/aromatic N) is 2. The van der Waals surface area contributed by atoms with Crippen molar-refractivity contribution in [1.29, 1.82) is 0 Å². The highest BCUT2D eigenvalue weighted by Gasteiger charge is 2.16. The molecular weight excluding hydrogens is 274 g/mol. The van der Waals surface area contributed by atoms with Crippen LogP contribution in [0.5, 0.6) is 5.75 Å². The Morgan fingerprint density at radius 2 is 2.00 bits per heavy atom. The third-order valence-corrected chi connectivity index (χ3v) is 3.69. The summed E-state index contributed by atoms with van der Waals surface area (Å²) in [4.78, 5) is 4.19. The zero-order valence-electron chi connectivity index (χ0n) is 11.7. The molecule has 0 bridgehead atoms. The van der Waals surface area contributed by atoms with E-state index in [4.69, 9.17) is 11.6 Å². The van der Waals surface area contributed by atoms with Crippen molar-refractivity contribution in [2.75, 3.05) is 5.43 Å². The van der Waals surface area contributed by atoms with E-state index in [0.717, 1.165) is 24.0 Å². The van der Waals surface area contributed by atoms with E-state index in [0.29, 0.717) is 5.15 Å². The van der Waals surface area contributed by atoms with Crippen LogP contribution in [0.4, 0.5) is 0 Å². The second-order valence-corrected chi connectivity index (χ2v) is 4.97. The minimum Gasteiger partial charge on any atom is -0.508 e. The van der Waals surface area contributed by atoms with Gasteiger partial charge in [-0.3, -0.25) is 0 Å². The van der Waals surface area contributed by atoms with Crippen LogP contribution in [0.15, 0.2) is 36.8 Å². The normalized spacial score (nSPS) is 12.2. The molecule has 4 nitrogen and oxygen atoms in total. The predicted octanol–water partition coefficient (Wildman–Crippen LogP) is 2.99. The van der Waals surface area contributed by atoms with Crippen molar-refractivity contribution in [2.24, 2.45) is 0 Å². The number of aryl methyl sites for hydroxylation is 1. The highest BCUT2D eigenvalue weighted by Crippen LogP contribution is 2.20. The quantitative estimate of drug-likeness (QED) is 0.658. The van der Waals surface area contributed by atoms with Gasteiger partial charge in [0.15, 0.2) is 0 Å². The Kier molecular flexibility index (Phi) is 4.79. The van der Waals surface area contributed by atoms with Gasteiger partial charge in [-0.25, -0.2) is 5.43 Å². The van der Waals surface area contributed by atoms with Gasteiger partial charge in [-0.05, 0) is 42.1 Å². The number of aromatic hydroxyl groups is 1. The van der Waals surface area contributed by atoms with Crippen molar-refractivity contribution in [3.63, 3.8) is 0 Å². The Hall–Kier alpha value is -1.81. The topological polar surface area (TPSA) is 49.0 Å². The molecule has 1 atom stereocenters. The van der Waals surface area contributed by atoms with Crippen molar-refractivity contribution in [3.05, 3.63) is 53.1 Å². The molecule has 106 valence electrons. The van der Waals surface area contributed by atoms with Crippen LogP contribution >= 0.6 is 11.6 Å². The number of hydrogen-bond donors (Lipinski definition) is 2. The van der Waals surface area contributed by atoms with E-state index in [-0.39, 0.29) is 11.8 Å². The molecule has 2 rings (SSSR count). The number of aromatic nitrogens is 2. The molecule has 1 heterocycles. The van der Waals surface area contributed by atoms with Crippen molar-refractivity contribution in [2.45, 2.75) is 32.7 Å². The fourth-order valence-electron chi connectivity index (χ4n) is 2.05. The van der Waals surface area contributed by atoms with E-state index in [9.17, 15) is 5.11 Å². The van der Waals surface area contributed by atoms with Gasteiger partial charge in [-0.15, -0.1) is 4.68 Å². The number of rotatable bonds is 5. The molecule has 1 aromatic heterocycles. The van der Waals surface area contributed by atoms with Crippen LogP contribution in [0, 0.1) is 0 Å². The number of phenolic OH excluding ortho intramolecular Hbond substituents is 1. The zero-order valence-corrected chi connectivity index (χ0v) is 12.4. The number of benzene rings is 1. The predicted molar refractivity (Wildman–Crippen MR) is 79.3 cm³/mol. The van der Waals surface area contributed by atoms with E-state index in [1.54, 1.807) is 29.3 Å². The molecule has 0 aliphatic heterocycles. The van der Waals surface area contributed by atoms with Crippen molar-refractivity contribution < 1.29 is 9.78 Å². The first-order valence-electron chi connectivity index (χ1n) is 6.75. The molecule has 0 amide bonds. The first-order valence-corrected chi connectivity index (χ1v) is 7.13. The van der Waals surface area contributed by atoms with Gasteiger partial charge >= 0.3 is 6.33 Å². The maximum absolute atomic E-state index is 9.36. The van der Waals surface area contributed by atoms with Crippen LogP contribution in [0.25, 0.3) is 0 Å². The minimum absolute atomic E-state index is 0.104. The van der Waals surface area contributed by atoms with Gasteiger partial charge in [-0.2, -0.15) is 0 Å². The molecule has 0 aliphatic carbocycles. The lowest BCUT2D eigenvalue weighted by Crippen LogP contribution is -2.48. The fourth-order valence-corrected chi connectivity index (χ4v) is 2.33. The second kappa shape index (κ2) is 6.57. The van der Waals surface area contributed by atoms with Gasteiger partial charge in [0.25, 0.3) is 0 Å². The monoisotopic (exact) mass is 292 g/mol. The summed E-state index contributed by atoms with van der Waals surface area (Å²) in [5.74, 6) is 0.268. The molecule has 5 heteroatoms. The molecule has 0 fully saturated rings. The lowest BCUT2D eigenvalue weighted by molar-refractivity contribution is -0.655. The van der Waals surface area contributed by atoms with Crippen LogP contribution in [-0.4, -0.2) is 10.1 Å². The van der Waals surface area contributed by atoms with Gasteiger partial charge < -0.3 is 5.11 Å². The van der Waals surface area contributed by atoms with Gasteiger partial charge in [-0.1, -0.05) is 31.0 Å². The summed E-state index contributed by atoms with van der Waals surface area (Å²) in [6.07, 6.45) is 5.18. The van der Waals surface area contributed by atoms with Crippen LogP contribution < -0.4 is 10.1 Å². The highest BCUT2D eigenvalue weighted by molar-refractivity contribution is 6.29. The van der Waals surface area contributed by atoms with Crippen molar-refractivity contribution in [1.82, 2.24) is 4.98 Å². The lowest BCUT2D eigenvalue weighted by Gasteiger charge is -2.17. The van der Waals surface area contributed by atoms with E-state index < -0.39 is 0 Å². The molecule has 1 unspecified atom stereocenters. The van der Waals surface area contributed by atoms with Crippen molar-refractivity contribution in [3.8, 4) is 5.75 Å². The SMILES string of the molecule is CCc1cnc[n+](NC(CC)c2ccc(O)cc2)c1Cl. The standard InChI is InChI=1S/C15H18ClN3O/c1-3-11-9-17-10-19(15(11)16)18-14(4-2)12-5-7-13(20)8-6-12/h5-10,14,18H,3-4H2,1-2H3/p+1. The maximum atomic E-state index is 9.36. The molecule has 0 saturated heterocycles. The number of hydrogen-bond acceptors (Lipinski definition) is 3. The summed E-state index contributed by atoms with van der Waals surface area (Å²) in [6.45, 7) is 4.14. The van der Waals surface area contributed by atoms with E-state index in [1.807, 2.05) is 19.1 Å². The van der Waals surface area contributed by atoms with Crippen LogP contribution in [-0.2, 0) is 6.42 Å². The van der Waals surface area contributed by atoms with Crippen LogP contribution in [0.3, 0.4) is 0 Å². The lowest BCUT2D eigenvalue weighted by atomic mass is 10.1. The largest absolute Gasteiger partial charge is 0.508 e. The van der Waals surface area contributed by atoms with Gasteiger partial charge in [0.2, 0.25) is 5.15 Å². The van der Waals surface area contributed by atoms with Gasteiger partial charge in [0.1, 0.15) is 11.9 Å². The average molecular weight is 293 g/mol. The highest BCUT2D eigenvalue weighted by atomic mass is 35.5. The summed E-state index contributed by atoms with van der Waals surface area (Å²) >= 11 is 6.34. The molecule has 2 aromatic rings. The number of halogens is 1. The number of phenols is 1. The van der Waals surface area contributed by atoms with E-state index in [1.165, 1.54) is 0 Å². The molecule has 0 spiro atoms. The first kappa shape index (κ1) is 14.6. The Bertz CT molecular complexity index is 572. The third-order valence-electron chi connectivity index (χ3n) is 3.27. The van der Waals surface area contributed by atoms with Crippen LogP contribution in [0.1, 0.15) is 37.4 Å². The fraction of sp³-hybridized carbons (Fsp3) is 0.333. The summed E-state index contributed by atoms with van der Waals surface area (Å²) in [5, 5.41) is 10.0. The maximum Gasteiger partial charge on any atom is 0.310 e. The van der Waals surface area contributed by atoms with Crippen LogP contribution in [0.2, 0.25) is 5.15 Å².